The maximum absolute atomic E-state index is 12.3. The monoisotopic (exact) mass is 377 g/mol. The van der Waals surface area contributed by atoms with Crippen LogP contribution in [0.25, 0.3) is 0 Å². The molecule has 1 N–H and O–H groups in total. The van der Waals surface area contributed by atoms with Crippen molar-refractivity contribution in [1.82, 2.24) is 10.2 Å². The van der Waals surface area contributed by atoms with Crippen LogP contribution in [-0.4, -0.2) is 49.4 Å². The minimum atomic E-state index is -0.193. The molecule has 3 rings (SSSR count). The van der Waals surface area contributed by atoms with E-state index < -0.39 is 0 Å². The molecule has 1 aliphatic rings. The van der Waals surface area contributed by atoms with E-state index in [0.717, 1.165) is 28.7 Å². The number of nitrogens with one attached hydrogen (secondary N) is 1. The SMILES string of the molecule is Cc1ccc(C(=O)NCC(=O)N2CCN(c3ccccc3Cl)CC2)s1. The van der Waals surface area contributed by atoms with Gasteiger partial charge in [-0.25, -0.2) is 0 Å². The third-order valence-corrected chi connectivity index (χ3v) is 5.51. The predicted octanol–water partition coefficient (Wildman–Crippen LogP) is 2.79. The molecule has 0 saturated carbocycles. The van der Waals surface area contributed by atoms with E-state index in [-0.39, 0.29) is 18.4 Å². The number of anilines is 1. The third-order valence-electron chi connectivity index (χ3n) is 4.19. The number of hydrogen-bond acceptors (Lipinski definition) is 4. The van der Waals surface area contributed by atoms with E-state index >= 15 is 0 Å². The summed E-state index contributed by atoms with van der Waals surface area (Å²) >= 11 is 7.66. The lowest BCUT2D eigenvalue weighted by Crippen LogP contribution is -2.51. The first-order valence-corrected chi connectivity index (χ1v) is 9.36. The zero-order valence-electron chi connectivity index (χ0n) is 14.0. The van der Waals surface area contributed by atoms with Gasteiger partial charge in [-0.2, -0.15) is 0 Å². The number of thiophene rings is 1. The summed E-state index contributed by atoms with van der Waals surface area (Å²) < 4.78 is 0. The molecule has 1 saturated heterocycles. The van der Waals surface area contributed by atoms with Gasteiger partial charge in [0.15, 0.2) is 0 Å². The second-order valence-electron chi connectivity index (χ2n) is 5.91. The van der Waals surface area contributed by atoms with Crippen molar-refractivity contribution in [3.05, 3.63) is 51.2 Å². The maximum atomic E-state index is 12.3. The molecule has 1 fully saturated rings. The highest BCUT2D eigenvalue weighted by atomic mass is 35.5. The Bertz CT molecular complexity index is 769. The number of piperazine rings is 1. The van der Waals surface area contributed by atoms with Crippen LogP contribution in [0.3, 0.4) is 0 Å². The summed E-state index contributed by atoms with van der Waals surface area (Å²) in [5.74, 6) is -0.249. The highest BCUT2D eigenvalue weighted by Crippen LogP contribution is 2.26. The average Bonchev–Trinajstić information content (AvgIpc) is 3.06. The summed E-state index contributed by atoms with van der Waals surface area (Å²) in [6.07, 6.45) is 0. The zero-order valence-corrected chi connectivity index (χ0v) is 15.6. The van der Waals surface area contributed by atoms with Crippen LogP contribution < -0.4 is 10.2 Å². The van der Waals surface area contributed by atoms with Crippen molar-refractivity contribution in [3.63, 3.8) is 0 Å². The Hall–Kier alpha value is -2.05. The molecule has 0 spiro atoms. The van der Waals surface area contributed by atoms with E-state index in [1.54, 1.807) is 11.0 Å². The van der Waals surface area contributed by atoms with Crippen LogP contribution in [0.1, 0.15) is 14.5 Å². The zero-order chi connectivity index (χ0) is 17.8. The molecule has 5 nitrogen and oxygen atoms in total. The number of hydrogen-bond donors (Lipinski definition) is 1. The fourth-order valence-corrected chi connectivity index (χ4v) is 3.86. The van der Waals surface area contributed by atoms with Crippen molar-refractivity contribution >= 4 is 40.4 Å². The molecular weight excluding hydrogens is 358 g/mol. The molecule has 7 heteroatoms. The highest BCUT2D eigenvalue weighted by molar-refractivity contribution is 7.13. The van der Waals surface area contributed by atoms with Gasteiger partial charge in [0.05, 0.1) is 22.1 Å². The van der Waals surface area contributed by atoms with Crippen LogP contribution in [0.4, 0.5) is 5.69 Å². The number of benzene rings is 1. The van der Waals surface area contributed by atoms with E-state index in [9.17, 15) is 9.59 Å². The molecule has 2 heterocycles. The molecule has 0 radical (unpaired) electrons. The number of nitrogens with zero attached hydrogens (tertiary/aromatic N) is 2. The van der Waals surface area contributed by atoms with Crippen LogP contribution in [-0.2, 0) is 4.79 Å². The van der Waals surface area contributed by atoms with E-state index in [0.29, 0.717) is 18.0 Å². The second-order valence-corrected chi connectivity index (χ2v) is 7.61. The van der Waals surface area contributed by atoms with Gasteiger partial charge in [0.25, 0.3) is 5.91 Å². The van der Waals surface area contributed by atoms with Crippen molar-refractivity contribution in [2.24, 2.45) is 0 Å². The van der Waals surface area contributed by atoms with E-state index in [1.807, 2.05) is 37.3 Å². The summed E-state index contributed by atoms with van der Waals surface area (Å²) in [6, 6.07) is 11.4. The minimum Gasteiger partial charge on any atom is -0.367 e. The molecule has 2 aromatic rings. The Morgan fingerprint density at radius 2 is 1.84 bits per heavy atom. The predicted molar refractivity (Wildman–Crippen MR) is 102 cm³/mol. The first-order chi connectivity index (χ1) is 12.0. The second kappa shape index (κ2) is 7.89. The Morgan fingerprint density at radius 1 is 1.12 bits per heavy atom. The van der Waals surface area contributed by atoms with E-state index in [1.165, 1.54) is 11.3 Å². The molecule has 1 aromatic carbocycles. The number of rotatable bonds is 4. The van der Waals surface area contributed by atoms with Gasteiger partial charge in [0, 0.05) is 31.1 Å². The molecule has 0 unspecified atom stereocenters. The standard InChI is InChI=1S/C18H20ClN3O2S/c1-13-6-7-16(25-13)18(24)20-12-17(23)22-10-8-21(9-11-22)15-5-3-2-4-14(15)19/h2-7H,8-12H2,1H3,(H,20,24). The smallest absolute Gasteiger partial charge is 0.261 e. The fourth-order valence-electron chi connectivity index (χ4n) is 2.82. The summed E-state index contributed by atoms with van der Waals surface area (Å²) in [5.41, 5.74) is 0.998. The third kappa shape index (κ3) is 4.32. The van der Waals surface area contributed by atoms with Gasteiger partial charge in [-0.1, -0.05) is 23.7 Å². The Balaban J connectivity index is 1.48. The average molecular weight is 378 g/mol. The molecular formula is C18H20ClN3O2S. The molecule has 0 atom stereocenters. The molecule has 1 aromatic heterocycles. The van der Waals surface area contributed by atoms with Crippen molar-refractivity contribution in [1.29, 1.82) is 0 Å². The minimum absolute atomic E-state index is 0.0296. The molecule has 25 heavy (non-hydrogen) atoms. The topological polar surface area (TPSA) is 52.7 Å². The van der Waals surface area contributed by atoms with Crippen molar-refractivity contribution < 1.29 is 9.59 Å². The lowest BCUT2D eigenvalue weighted by Gasteiger charge is -2.36. The number of carbonyl (C=O) groups is 2. The van der Waals surface area contributed by atoms with Gasteiger partial charge in [-0.3, -0.25) is 9.59 Å². The van der Waals surface area contributed by atoms with Gasteiger partial charge in [-0.15, -0.1) is 11.3 Å². The van der Waals surface area contributed by atoms with Gasteiger partial charge in [-0.05, 0) is 31.2 Å². The van der Waals surface area contributed by atoms with E-state index in [2.05, 4.69) is 10.2 Å². The van der Waals surface area contributed by atoms with Crippen LogP contribution in [0, 0.1) is 6.92 Å². The Morgan fingerprint density at radius 3 is 2.48 bits per heavy atom. The Kier molecular flexibility index (Phi) is 5.60. The van der Waals surface area contributed by atoms with Crippen molar-refractivity contribution in [2.45, 2.75) is 6.92 Å². The summed E-state index contributed by atoms with van der Waals surface area (Å²) in [6.45, 7) is 4.68. The number of para-hydroxylation sites is 1. The van der Waals surface area contributed by atoms with Gasteiger partial charge < -0.3 is 15.1 Å². The van der Waals surface area contributed by atoms with Crippen molar-refractivity contribution in [2.75, 3.05) is 37.6 Å². The lowest BCUT2D eigenvalue weighted by atomic mass is 10.2. The lowest BCUT2D eigenvalue weighted by molar-refractivity contribution is -0.130. The quantitative estimate of drug-likeness (QED) is 0.891. The number of amides is 2. The van der Waals surface area contributed by atoms with Crippen LogP contribution in [0.5, 0.6) is 0 Å². The number of carbonyl (C=O) groups excluding carboxylic acids is 2. The maximum Gasteiger partial charge on any atom is 0.261 e. The largest absolute Gasteiger partial charge is 0.367 e. The first kappa shape index (κ1) is 17.8. The van der Waals surface area contributed by atoms with Crippen LogP contribution >= 0.6 is 22.9 Å². The normalized spacial score (nSPS) is 14.5. The van der Waals surface area contributed by atoms with Crippen molar-refractivity contribution in [3.8, 4) is 0 Å². The number of halogens is 1. The fraction of sp³-hybridized carbons (Fsp3) is 0.333. The van der Waals surface area contributed by atoms with Gasteiger partial charge in [0.2, 0.25) is 5.91 Å². The molecule has 132 valence electrons. The van der Waals surface area contributed by atoms with E-state index in [4.69, 9.17) is 11.6 Å². The highest BCUT2D eigenvalue weighted by Gasteiger charge is 2.22. The summed E-state index contributed by atoms with van der Waals surface area (Å²) in [5, 5.41) is 3.43. The molecule has 0 bridgehead atoms. The summed E-state index contributed by atoms with van der Waals surface area (Å²) in [7, 11) is 0. The first-order valence-electron chi connectivity index (χ1n) is 8.16. The molecule has 1 aliphatic heterocycles. The molecule has 2 amide bonds. The van der Waals surface area contributed by atoms with Crippen LogP contribution in [0.15, 0.2) is 36.4 Å². The van der Waals surface area contributed by atoms with Gasteiger partial charge >= 0.3 is 0 Å². The van der Waals surface area contributed by atoms with Gasteiger partial charge in [0.1, 0.15) is 0 Å². The number of aryl methyl sites for hydroxylation is 1. The summed E-state index contributed by atoms with van der Waals surface area (Å²) in [4.78, 5) is 30.0. The molecule has 0 aliphatic carbocycles. The van der Waals surface area contributed by atoms with Crippen LogP contribution in [0.2, 0.25) is 5.02 Å². The Labute approximate surface area is 156 Å².